The zero-order valence-corrected chi connectivity index (χ0v) is 17.2. The molecule has 0 atom stereocenters. The number of pyridine rings is 1. The smallest absolute Gasteiger partial charge is 0.278 e. The SMILES string of the molecule is COc1ccc(OC)c(NC2=C(c3ccccc3)C(=O)N(Cc3ccccn3)C2=O)c1. The first kappa shape index (κ1) is 20.2. The van der Waals surface area contributed by atoms with E-state index in [1.165, 1.54) is 12.0 Å². The number of rotatable bonds is 7. The Morgan fingerprint density at radius 3 is 2.35 bits per heavy atom. The molecule has 7 heteroatoms. The number of aromatic nitrogens is 1. The lowest BCUT2D eigenvalue weighted by atomic mass is 10.0. The molecule has 0 fully saturated rings. The highest BCUT2D eigenvalue weighted by Crippen LogP contribution is 2.35. The number of nitrogens with one attached hydrogen (secondary N) is 1. The fourth-order valence-electron chi connectivity index (χ4n) is 3.41. The summed E-state index contributed by atoms with van der Waals surface area (Å²) in [6, 6.07) is 19.7. The van der Waals surface area contributed by atoms with Gasteiger partial charge in [0.2, 0.25) is 0 Å². The highest BCUT2D eigenvalue weighted by molar-refractivity contribution is 6.36. The van der Waals surface area contributed by atoms with E-state index in [1.54, 1.807) is 55.8 Å². The third kappa shape index (κ3) is 3.98. The summed E-state index contributed by atoms with van der Waals surface area (Å²) in [5.74, 6) is 0.294. The first-order valence-electron chi connectivity index (χ1n) is 9.67. The van der Waals surface area contributed by atoms with Gasteiger partial charge in [-0.2, -0.15) is 0 Å². The monoisotopic (exact) mass is 415 g/mol. The number of methoxy groups -OCH3 is 2. The van der Waals surface area contributed by atoms with Crippen LogP contribution in [0.15, 0.2) is 78.6 Å². The van der Waals surface area contributed by atoms with Crippen molar-refractivity contribution in [2.75, 3.05) is 19.5 Å². The van der Waals surface area contributed by atoms with Gasteiger partial charge in [0.05, 0.1) is 37.7 Å². The standard InChI is InChI=1S/C24H21N3O4/c1-30-18-11-12-20(31-2)19(14-18)26-22-21(16-8-4-3-5-9-16)23(28)27(24(22)29)15-17-10-6-7-13-25-17/h3-14,26H,15H2,1-2H3. The lowest BCUT2D eigenvalue weighted by Crippen LogP contribution is -2.32. The minimum absolute atomic E-state index is 0.0786. The molecule has 1 aromatic heterocycles. The fourth-order valence-corrected chi connectivity index (χ4v) is 3.41. The molecule has 1 N–H and O–H groups in total. The Balaban J connectivity index is 1.77. The predicted octanol–water partition coefficient (Wildman–Crippen LogP) is 3.49. The van der Waals surface area contributed by atoms with E-state index in [2.05, 4.69) is 10.3 Å². The van der Waals surface area contributed by atoms with Crippen LogP contribution < -0.4 is 14.8 Å². The van der Waals surface area contributed by atoms with Gasteiger partial charge in [-0.05, 0) is 29.8 Å². The Kier molecular flexibility index (Phi) is 5.66. The van der Waals surface area contributed by atoms with E-state index >= 15 is 0 Å². The van der Waals surface area contributed by atoms with Crippen LogP contribution >= 0.6 is 0 Å². The fraction of sp³-hybridized carbons (Fsp3) is 0.125. The number of hydrogen-bond donors (Lipinski definition) is 1. The molecule has 2 amide bonds. The van der Waals surface area contributed by atoms with Crippen molar-refractivity contribution >= 4 is 23.1 Å². The summed E-state index contributed by atoms with van der Waals surface area (Å²) in [6.45, 7) is 0.0786. The number of imide groups is 1. The highest BCUT2D eigenvalue weighted by Gasteiger charge is 2.39. The van der Waals surface area contributed by atoms with Crippen LogP contribution in [0.5, 0.6) is 11.5 Å². The maximum absolute atomic E-state index is 13.3. The van der Waals surface area contributed by atoms with E-state index in [0.717, 1.165) is 0 Å². The molecule has 2 aromatic carbocycles. The van der Waals surface area contributed by atoms with Crippen molar-refractivity contribution in [3.05, 3.63) is 89.9 Å². The number of nitrogens with zero attached hydrogens (tertiary/aromatic N) is 2. The van der Waals surface area contributed by atoms with Crippen molar-refractivity contribution in [2.24, 2.45) is 0 Å². The summed E-state index contributed by atoms with van der Waals surface area (Å²) in [5.41, 5.74) is 2.27. The van der Waals surface area contributed by atoms with E-state index in [9.17, 15) is 9.59 Å². The van der Waals surface area contributed by atoms with Crippen LogP contribution in [-0.4, -0.2) is 35.9 Å². The molecule has 3 aromatic rings. The maximum atomic E-state index is 13.3. The van der Waals surface area contributed by atoms with Crippen molar-refractivity contribution in [3.8, 4) is 11.5 Å². The van der Waals surface area contributed by atoms with Crippen molar-refractivity contribution in [3.63, 3.8) is 0 Å². The molecule has 4 rings (SSSR count). The van der Waals surface area contributed by atoms with E-state index in [-0.39, 0.29) is 18.1 Å². The quantitative estimate of drug-likeness (QED) is 0.595. The van der Waals surface area contributed by atoms with Crippen LogP contribution in [0.1, 0.15) is 11.3 Å². The number of amides is 2. The van der Waals surface area contributed by atoms with Gasteiger partial charge in [0.15, 0.2) is 0 Å². The average molecular weight is 415 g/mol. The lowest BCUT2D eigenvalue weighted by molar-refractivity contribution is -0.137. The number of ether oxygens (including phenoxy) is 2. The van der Waals surface area contributed by atoms with Crippen LogP contribution in [0.2, 0.25) is 0 Å². The van der Waals surface area contributed by atoms with Gasteiger partial charge in [0.25, 0.3) is 11.8 Å². The van der Waals surface area contributed by atoms with Crippen molar-refractivity contribution in [2.45, 2.75) is 6.54 Å². The van der Waals surface area contributed by atoms with E-state index < -0.39 is 5.91 Å². The average Bonchev–Trinajstić information content (AvgIpc) is 3.04. The van der Waals surface area contributed by atoms with Gasteiger partial charge in [0.1, 0.15) is 17.2 Å². The summed E-state index contributed by atoms with van der Waals surface area (Å²) in [5, 5.41) is 3.12. The Bertz CT molecular complexity index is 1140. The Labute approximate surface area is 179 Å². The van der Waals surface area contributed by atoms with Crippen LogP contribution in [0.4, 0.5) is 5.69 Å². The van der Waals surface area contributed by atoms with Gasteiger partial charge in [0, 0.05) is 12.3 Å². The number of carbonyl (C=O) groups is 2. The highest BCUT2D eigenvalue weighted by atomic mass is 16.5. The zero-order chi connectivity index (χ0) is 21.8. The number of carbonyl (C=O) groups excluding carboxylic acids is 2. The summed E-state index contributed by atoms with van der Waals surface area (Å²) < 4.78 is 10.7. The predicted molar refractivity (Wildman–Crippen MR) is 116 cm³/mol. The van der Waals surface area contributed by atoms with Crippen LogP contribution in [0.3, 0.4) is 0 Å². The van der Waals surface area contributed by atoms with Gasteiger partial charge >= 0.3 is 0 Å². The number of hydrogen-bond acceptors (Lipinski definition) is 6. The van der Waals surface area contributed by atoms with Gasteiger partial charge in [-0.1, -0.05) is 36.4 Å². The second kappa shape index (κ2) is 8.71. The van der Waals surface area contributed by atoms with Gasteiger partial charge in [-0.15, -0.1) is 0 Å². The number of anilines is 1. The molecule has 2 heterocycles. The molecule has 7 nitrogen and oxygen atoms in total. The summed E-state index contributed by atoms with van der Waals surface area (Å²) in [6.07, 6.45) is 1.63. The molecular weight excluding hydrogens is 394 g/mol. The topological polar surface area (TPSA) is 80.8 Å². The van der Waals surface area contributed by atoms with Crippen LogP contribution in [-0.2, 0) is 16.1 Å². The summed E-state index contributed by atoms with van der Waals surface area (Å²) >= 11 is 0. The van der Waals surface area contributed by atoms with Crippen molar-refractivity contribution in [1.82, 2.24) is 9.88 Å². The molecule has 0 radical (unpaired) electrons. The molecular formula is C24H21N3O4. The largest absolute Gasteiger partial charge is 0.497 e. The summed E-state index contributed by atoms with van der Waals surface area (Å²) in [4.78, 5) is 32.1. The Morgan fingerprint density at radius 2 is 1.68 bits per heavy atom. The molecule has 0 spiro atoms. The molecule has 0 unspecified atom stereocenters. The van der Waals surface area contributed by atoms with Crippen molar-refractivity contribution < 1.29 is 19.1 Å². The van der Waals surface area contributed by atoms with Crippen molar-refractivity contribution in [1.29, 1.82) is 0 Å². The number of benzene rings is 2. The van der Waals surface area contributed by atoms with E-state index in [4.69, 9.17) is 9.47 Å². The Morgan fingerprint density at radius 1 is 0.903 bits per heavy atom. The van der Waals surface area contributed by atoms with Crippen LogP contribution in [0.25, 0.3) is 5.57 Å². The first-order chi connectivity index (χ1) is 15.1. The first-order valence-corrected chi connectivity index (χ1v) is 9.67. The molecule has 1 aliphatic heterocycles. The molecule has 156 valence electrons. The lowest BCUT2D eigenvalue weighted by Gasteiger charge is -2.16. The van der Waals surface area contributed by atoms with Gasteiger partial charge < -0.3 is 14.8 Å². The third-order valence-corrected chi connectivity index (χ3v) is 4.94. The molecule has 0 bridgehead atoms. The summed E-state index contributed by atoms with van der Waals surface area (Å²) in [7, 11) is 3.09. The second-order valence-electron chi connectivity index (χ2n) is 6.82. The third-order valence-electron chi connectivity index (χ3n) is 4.94. The maximum Gasteiger partial charge on any atom is 0.278 e. The molecule has 1 aliphatic rings. The normalized spacial score (nSPS) is 13.5. The molecule has 0 saturated carbocycles. The molecule has 0 aliphatic carbocycles. The molecule has 31 heavy (non-hydrogen) atoms. The Hall–Kier alpha value is -4.13. The second-order valence-corrected chi connectivity index (χ2v) is 6.82. The minimum atomic E-state index is -0.431. The molecule has 0 saturated heterocycles. The van der Waals surface area contributed by atoms with Crippen LogP contribution in [0, 0.1) is 0 Å². The zero-order valence-electron chi connectivity index (χ0n) is 17.2. The van der Waals surface area contributed by atoms with Gasteiger partial charge in [-0.25, -0.2) is 0 Å². The van der Waals surface area contributed by atoms with E-state index in [1.807, 2.05) is 24.3 Å². The minimum Gasteiger partial charge on any atom is -0.497 e. The van der Waals surface area contributed by atoms with Gasteiger partial charge in [-0.3, -0.25) is 19.5 Å². The van der Waals surface area contributed by atoms with E-state index in [0.29, 0.717) is 34.0 Å².